The van der Waals surface area contributed by atoms with E-state index in [1.54, 1.807) is 7.11 Å². The van der Waals surface area contributed by atoms with Crippen LogP contribution in [0.25, 0.3) is 0 Å². The smallest absolute Gasteiger partial charge is 0.224 e. The summed E-state index contributed by atoms with van der Waals surface area (Å²) in [7, 11) is 1.66. The molecule has 1 rings (SSSR count). The maximum absolute atomic E-state index is 5.68. The van der Waals surface area contributed by atoms with E-state index >= 15 is 0 Å². The number of hydrogen-bond donors (Lipinski definition) is 1. The maximum Gasteiger partial charge on any atom is 0.224 e. The van der Waals surface area contributed by atoms with Gasteiger partial charge in [0.1, 0.15) is 4.99 Å². The van der Waals surface area contributed by atoms with E-state index in [2.05, 4.69) is 4.98 Å². The second-order valence-corrected chi connectivity index (χ2v) is 4.26. The summed E-state index contributed by atoms with van der Waals surface area (Å²) in [6.45, 7) is 5.07. The third-order valence-corrected chi connectivity index (χ3v) is 2.49. The van der Waals surface area contributed by atoms with Crippen LogP contribution in [0.4, 0.5) is 0 Å². The SMILES string of the molecule is COCCCOc1nc(C)cc(C)c1C(N)=S. The van der Waals surface area contributed by atoms with Crippen molar-refractivity contribution in [3.8, 4) is 5.88 Å². The molecule has 17 heavy (non-hydrogen) atoms. The second kappa shape index (κ2) is 6.51. The van der Waals surface area contributed by atoms with Gasteiger partial charge >= 0.3 is 0 Å². The van der Waals surface area contributed by atoms with Gasteiger partial charge in [-0.1, -0.05) is 12.2 Å². The molecule has 0 saturated heterocycles. The lowest BCUT2D eigenvalue weighted by atomic mass is 10.1. The molecule has 0 amide bonds. The van der Waals surface area contributed by atoms with Gasteiger partial charge in [0.05, 0.1) is 12.2 Å². The maximum atomic E-state index is 5.68. The quantitative estimate of drug-likeness (QED) is 0.619. The van der Waals surface area contributed by atoms with Crippen LogP contribution in [0.15, 0.2) is 6.07 Å². The molecule has 0 aromatic carbocycles. The zero-order valence-electron chi connectivity index (χ0n) is 10.4. The number of ether oxygens (including phenoxy) is 2. The topological polar surface area (TPSA) is 57.4 Å². The van der Waals surface area contributed by atoms with Gasteiger partial charge < -0.3 is 15.2 Å². The molecule has 0 aliphatic heterocycles. The van der Waals surface area contributed by atoms with Crippen molar-refractivity contribution >= 4 is 17.2 Å². The average Bonchev–Trinajstić information content (AvgIpc) is 2.22. The molecule has 0 unspecified atom stereocenters. The minimum absolute atomic E-state index is 0.316. The van der Waals surface area contributed by atoms with Gasteiger partial charge in [0.2, 0.25) is 5.88 Å². The van der Waals surface area contributed by atoms with E-state index in [1.165, 1.54) is 0 Å². The van der Waals surface area contributed by atoms with Crippen LogP contribution in [0.2, 0.25) is 0 Å². The van der Waals surface area contributed by atoms with Crippen molar-refractivity contribution in [2.24, 2.45) is 5.73 Å². The Labute approximate surface area is 107 Å². The normalized spacial score (nSPS) is 10.3. The molecule has 0 bridgehead atoms. The van der Waals surface area contributed by atoms with Crippen LogP contribution in [0, 0.1) is 13.8 Å². The number of thiocarbonyl (C=S) groups is 1. The number of nitrogens with zero attached hydrogens (tertiary/aromatic N) is 1. The van der Waals surface area contributed by atoms with Crippen molar-refractivity contribution < 1.29 is 9.47 Å². The summed E-state index contributed by atoms with van der Waals surface area (Å²) in [4.78, 5) is 4.64. The van der Waals surface area contributed by atoms with Crippen molar-refractivity contribution in [2.45, 2.75) is 20.3 Å². The van der Waals surface area contributed by atoms with Gasteiger partial charge in [-0.15, -0.1) is 0 Å². The Kier molecular flexibility index (Phi) is 5.31. The molecule has 1 heterocycles. The van der Waals surface area contributed by atoms with Crippen molar-refractivity contribution in [1.82, 2.24) is 4.98 Å². The zero-order valence-corrected chi connectivity index (χ0v) is 11.3. The predicted octanol–water partition coefficient (Wildman–Crippen LogP) is 1.75. The van der Waals surface area contributed by atoms with Crippen molar-refractivity contribution in [1.29, 1.82) is 0 Å². The van der Waals surface area contributed by atoms with E-state index < -0.39 is 0 Å². The molecular weight excluding hydrogens is 236 g/mol. The fraction of sp³-hybridized carbons (Fsp3) is 0.500. The van der Waals surface area contributed by atoms with Crippen molar-refractivity contribution in [2.75, 3.05) is 20.3 Å². The zero-order chi connectivity index (χ0) is 12.8. The van der Waals surface area contributed by atoms with Gasteiger partial charge in [0.15, 0.2) is 0 Å². The first-order valence-corrected chi connectivity index (χ1v) is 5.87. The first-order chi connectivity index (χ1) is 8.06. The molecule has 0 spiro atoms. The van der Waals surface area contributed by atoms with E-state index in [-0.39, 0.29) is 0 Å². The number of aromatic nitrogens is 1. The third-order valence-electron chi connectivity index (χ3n) is 2.29. The summed E-state index contributed by atoms with van der Waals surface area (Å²) in [5.74, 6) is 0.520. The molecule has 0 atom stereocenters. The minimum Gasteiger partial charge on any atom is -0.477 e. The summed E-state index contributed by atoms with van der Waals surface area (Å²) in [5.41, 5.74) is 8.29. The number of pyridine rings is 1. The first kappa shape index (κ1) is 13.9. The van der Waals surface area contributed by atoms with Crippen LogP contribution in [-0.2, 0) is 4.74 Å². The molecule has 0 fully saturated rings. The summed E-state index contributed by atoms with van der Waals surface area (Å²) in [6, 6.07) is 1.94. The molecule has 1 aromatic rings. The Morgan fingerprint density at radius 2 is 2.12 bits per heavy atom. The second-order valence-electron chi connectivity index (χ2n) is 3.82. The predicted molar refractivity (Wildman–Crippen MR) is 71.6 cm³/mol. The summed E-state index contributed by atoms with van der Waals surface area (Å²) in [5, 5.41) is 0. The molecule has 4 nitrogen and oxygen atoms in total. The first-order valence-electron chi connectivity index (χ1n) is 5.46. The summed E-state index contributed by atoms with van der Waals surface area (Å²) in [6.07, 6.45) is 0.807. The van der Waals surface area contributed by atoms with Gasteiger partial charge in [-0.3, -0.25) is 0 Å². The van der Waals surface area contributed by atoms with Crippen molar-refractivity contribution in [3.05, 3.63) is 22.9 Å². The highest BCUT2D eigenvalue weighted by Gasteiger charge is 2.12. The molecule has 0 radical (unpaired) electrons. The Morgan fingerprint density at radius 1 is 1.41 bits per heavy atom. The lowest BCUT2D eigenvalue weighted by Gasteiger charge is -2.12. The van der Waals surface area contributed by atoms with Gasteiger partial charge in [0.25, 0.3) is 0 Å². The Balaban J connectivity index is 2.85. The number of hydrogen-bond acceptors (Lipinski definition) is 4. The van der Waals surface area contributed by atoms with Crippen LogP contribution in [-0.4, -0.2) is 30.3 Å². The molecule has 1 aromatic heterocycles. The average molecular weight is 254 g/mol. The largest absolute Gasteiger partial charge is 0.477 e. The van der Waals surface area contributed by atoms with Gasteiger partial charge in [-0.25, -0.2) is 4.98 Å². The summed E-state index contributed by atoms with van der Waals surface area (Å²) < 4.78 is 10.6. The molecule has 5 heteroatoms. The molecule has 0 aliphatic rings. The monoisotopic (exact) mass is 254 g/mol. The van der Waals surface area contributed by atoms with E-state index in [0.717, 1.165) is 23.2 Å². The van der Waals surface area contributed by atoms with Crippen molar-refractivity contribution in [3.63, 3.8) is 0 Å². The minimum atomic E-state index is 0.316. The van der Waals surface area contributed by atoms with Crippen LogP contribution in [0.5, 0.6) is 5.88 Å². The van der Waals surface area contributed by atoms with Gasteiger partial charge in [-0.2, -0.15) is 0 Å². The lowest BCUT2D eigenvalue weighted by molar-refractivity contribution is 0.170. The Bertz CT molecular complexity index is 408. The van der Waals surface area contributed by atoms with E-state index in [0.29, 0.717) is 24.1 Å². The lowest BCUT2D eigenvalue weighted by Crippen LogP contribution is -2.16. The standard InChI is InChI=1S/C12H18N2O2S/c1-8-7-9(2)14-12(10(8)11(13)17)16-6-4-5-15-3/h7H,4-6H2,1-3H3,(H2,13,17). The van der Waals surface area contributed by atoms with E-state index in [1.807, 2.05) is 19.9 Å². The number of methoxy groups -OCH3 is 1. The highest BCUT2D eigenvalue weighted by atomic mass is 32.1. The van der Waals surface area contributed by atoms with Crippen LogP contribution in [0.1, 0.15) is 23.2 Å². The number of rotatable bonds is 6. The Hall–Kier alpha value is -1.20. The fourth-order valence-corrected chi connectivity index (χ4v) is 1.83. The molecule has 0 saturated carbocycles. The molecular formula is C12H18N2O2S. The fourth-order valence-electron chi connectivity index (χ4n) is 1.58. The number of nitrogens with two attached hydrogens (primary N) is 1. The molecule has 94 valence electrons. The summed E-state index contributed by atoms with van der Waals surface area (Å²) >= 11 is 5.02. The van der Waals surface area contributed by atoms with Gasteiger partial charge in [-0.05, 0) is 25.5 Å². The van der Waals surface area contributed by atoms with Crippen LogP contribution in [0.3, 0.4) is 0 Å². The van der Waals surface area contributed by atoms with E-state index in [9.17, 15) is 0 Å². The molecule has 2 N–H and O–H groups in total. The van der Waals surface area contributed by atoms with Crippen LogP contribution < -0.4 is 10.5 Å². The molecule has 0 aliphatic carbocycles. The highest BCUT2D eigenvalue weighted by molar-refractivity contribution is 7.80. The number of aryl methyl sites for hydroxylation is 2. The van der Waals surface area contributed by atoms with Crippen LogP contribution >= 0.6 is 12.2 Å². The third kappa shape index (κ3) is 3.94. The highest BCUT2D eigenvalue weighted by Crippen LogP contribution is 2.20. The van der Waals surface area contributed by atoms with E-state index in [4.69, 9.17) is 27.4 Å². The van der Waals surface area contributed by atoms with Gasteiger partial charge in [0, 0.05) is 25.8 Å². The Morgan fingerprint density at radius 3 is 2.71 bits per heavy atom.